The van der Waals surface area contributed by atoms with Gasteiger partial charge < -0.3 is 16.0 Å². The number of carbonyl (C=O) groups is 2. The molecule has 0 unspecified atom stereocenters. The van der Waals surface area contributed by atoms with Gasteiger partial charge in [0.25, 0.3) is 5.91 Å². The maximum absolute atomic E-state index is 11.6. The van der Waals surface area contributed by atoms with Gasteiger partial charge in [-0.25, -0.2) is 0 Å². The van der Waals surface area contributed by atoms with Crippen LogP contribution in [-0.4, -0.2) is 16.8 Å². The lowest BCUT2D eigenvalue weighted by atomic mass is 9.97. The molecule has 4 N–H and O–H groups in total. The molecule has 0 aliphatic heterocycles. The molecule has 5 heteroatoms. The number of amides is 2. The van der Waals surface area contributed by atoms with Crippen LogP contribution in [0.5, 0.6) is 0 Å². The number of carbonyl (C=O) groups excluding carboxylic acids is 2. The molecule has 0 radical (unpaired) electrons. The van der Waals surface area contributed by atoms with Crippen molar-refractivity contribution in [3.63, 3.8) is 0 Å². The maximum atomic E-state index is 11.6. The summed E-state index contributed by atoms with van der Waals surface area (Å²) in [4.78, 5) is 26.2. The zero-order valence-electron chi connectivity index (χ0n) is 13.2. The van der Waals surface area contributed by atoms with Gasteiger partial charge in [-0.05, 0) is 54.0 Å². The molecule has 2 amide bonds. The van der Waals surface area contributed by atoms with Crippen molar-refractivity contribution in [1.29, 1.82) is 0 Å². The number of rotatable bonds is 4. The van der Waals surface area contributed by atoms with E-state index in [0.29, 0.717) is 16.8 Å². The molecule has 24 heavy (non-hydrogen) atoms. The van der Waals surface area contributed by atoms with Crippen LogP contribution in [0.15, 0.2) is 55.3 Å². The summed E-state index contributed by atoms with van der Waals surface area (Å²) in [6.07, 6.45) is 3.00. The van der Waals surface area contributed by atoms with E-state index in [-0.39, 0.29) is 5.91 Å². The third-order valence-electron chi connectivity index (χ3n) is 3.83. The number of aromatic nitrogens is 1. The predicted octanol–water partition coefficient (Wildman–Crippen LogP) is 3.37. The molecule has 0 saturated heterocycles. The van der Waals surface area contributed by atoms with Gasteiger partial charge in [-0.2, -0.15) is 0 Å². The van der Waals surface area contributed by atoms with Crippen LogP contribution in [0.3, 0.4) is 0 Å². The fraction of sp³-hybridized carbons (Fsp3) is 0.0526. The molecule has 5 nitrogen and oxygen atoms in total. The molecule has 2 aromatic carbocycles. The number of anilines is 1. The number of hydrogen-bond donors (Lipinski definition) is 3. The van der Waals surface area contributed by atoms with Crippen LogP contribution in [0, 0.1) is 6.92 Å². The Morgan fingerprint density at radius 1 is 1.21 bits per heavy atom. The minimum Gasteiger partial charge on any atom is -0.366 e. The fourth-order valence-corrected chi connectivity index (χ4v) is 2.82. The van der Waals surface area contributed by atoms with Gasteiger partial charge in [-0.3, -0.25) is 9.59 Å². The first-order valence-electron chi connectivity index (χ1n) is 7.45. The summed E-state index contributed by atoms with van der Waals surface area (Å²) in [6.45, 7) is 5.42. The van der Waals surface area contributed by atoms with Crippen LogP contribution in [0.4, 0.5) is 5.69 Å². The van der Waals surface area contributed by atoms with E-state index in [1.54, 1.807) is 12.3 Å². The molecule has 1 aromatic heterocycles. The van der Waals surface area contributed by atoms with E-state index in [2.05, 4.69) is 16.9 Å². The van der Waals surface area contributed by atoms with E-state index in [1.807, 2.05) is 37.3 Å². The number of nitrogens with two attached hydrogens (primary N) is 1. The molecule has 0 atom stereocenters. The van der Waals surface area contributed by atoms with Crippen molar-refractivity contribution in [3.8, 4) is 11.1 Å². The second kappa shape index (κ2) is 6.04. The molecule has 0 aliphatic carbocycles. The van der Waals surface area contributed by atoms with Gasteiger partial charge in [-0.15, -0.1) is 0 Å². The first-order valence-corrected chi connectivity index (χ1v) is 7.45. The van der Waals surface area contributed by atoms with Gasteiger partial charge in [0.1, 0.15) is 0 Å². The molecular formula is C19H17N3O2. The van der Waals surface area contributed by atoms with Gasteiger partial charge in [0.05, 0.1) is 11.1 Å². The Bertz CT molecular complexity index is 970. The Morgan fingerprint density at radius 3 is 2.71 bits per heavy atom. The highest BCUT2D eigenvalue weighted by Gasteiger charge is 2.13. The summed E-state index contributed by atoms with van der Waals surface area (Å²) in [5.41, 5.74) is 10.2. The second-order valence-corrected chi connectivity index (χ2v) is 5.57. The second-order valence-electron chi connectivity index (χ2n) is 5.57. The molecule has 120 valence electrons. The highest BCUT2D eigenvalue weighted by molar-refractivity contribution is 6.09. The number of nitrogens with one attached hydrogen (secondary N) is 2. The van der Waals surface area contributed by atoms with Gasteiger partial charge in [0.15, 0.2) is 0 Å². The number of H-pyrrole nitrogens is 1. The summed E-state index contributed by atoms with van der Waals surface area (Å²) in [5.74, 6) is -0.736. The van der Waals surface area contributed by atoms with Crippen molar-refractivity contribution >= 4 is 28.4 Å². The van der Waals surface area contributed by atoms with Crippen LogP contribution in [0.1, 0.15) is 15.9 Å². The summed E-state index contributed by atoms with van der Waals surface area (Å²) < 4.78 is 0. The third-order valence-corrected chi connectivity index (χ3v) is 3.83. The van der Waals surface area contributed by atoms with Crippen molar-refractivity contribution in [2.75, 3.05) is 5.32 Å². The Balaban J connectivity index is 2.16. The summed E-state index contributed by atoms with van der Waals surface area (Å²) >= 11 is 0. The highest BCUT2D eigenvalue weighted by Crippen LogP contribution is 2.32. The third kappa shape index (κ3) is 2.79. The lowest BCUT2D eigenvalue weighted by Gasteiger charge is -2.11. The molecule has 0 fully saturated rings. The topological polar surface area (TPSA) is 88.0 Å². The summed E-state index contributed by atoms with van der Waals surface area (Å²) in [5, 5.41) is 3.68. The van der Waals surface area contributed by atoms with Crippen LogP contribution in [0.25, 0.3) is 22.0 Å². The highest BCUT2D eigenvalue weighted by atomic mass is 16.1. The number of aromatic amines is 1. The van der Waals surface area contributed by atoms with Gasteiger partial charge in [0, 0.05) is 17.3 Å². The van der Waals surface area contributed by atoms with E-state index in [4.69, 9.17) is 5.73 Å². The standard InChI is InChI=1S/C19H17N3O2/c1-3-17(23)22-13-9-11(2)8-12(10-13)14-4-5-16(19(20)24)18-15(14)6-7-21-18/h3-10,21H,1H2,2H3,(H2,20,24)(H,22,23). The average Bonchev–Trinajstić information content (AvgIpc) is 3.02. The van der Waals surface area contributed by atoms with Gasteiger partial charge in [0.2, 0.25) is 5.91 Å². The van der Waals surface area contributed by atoms with Crippen LogP contribution < -0.4 is 11.1 Å². The number of hydrogen-bond acceptors (Lipinski definition) is 2. The van der Waals surface area contributed by atoms with Crippen molar-refractivity contribution in [2.45, 2.75) is 6.92 Å². The fourth-order valence-electron chi connectivity index (χ4n) is 2.82. The molecule has 0 bridgehead atoms. The van der Waals surface area contributed by atoms with E-state index < -0.39 is 5.91 Å². The van der Waals surface area contributed by atoms with E-state index in [9.17, 15) is 9.59 Å². The normalized spacial score (nSPS) is 10.5. The van der Waals surface area contributed by atoms with Gasteiger partial charge in [-0.1, -0.05) is 18.7 Å². The Labute approximate surface area is 139 Å². The molecule has 3 rings (SSSR count). The SMILES string of the molecule is C=CC(=O)Nc1cc(C)cc(-c2ccc(C(N)=O)c3[nH]ccc23)c1. The monoisotopic (exact) mass is 319 g/mol. The number of aryl methyl sites for hydroxylation is 1. The minimum atomic E-state index is -0.475. The first kappa shape index (κ1) is 15.6. The Morgan fingerprint density at radius 2 is 2.00 bits per heavy atom. The summed E-state index contributed by atoms with van der Waals surface area (Å²) in [7, 11) is 0. The zero-order chi connectivity index (χ0) is 17.3. The number of primary amides is 1. The molecule has 0 aliphatic rings. The first-order chi connectivity index (χ1) is 11.5. The smallest absolute Gasteiger partial charge is 0.250 e. The van der Waals surface area contributed by atoms with Crippen LogP contribution >= 0.6 is 0 Å². The molecule has 0 saturated carbocycles. The van der Waals surface area contributed by atoms with Gasteiger partial charge >= 0.3 is 0 Å². The lowest BCUT2D eigenvalue weighted by molar-refractivity contribution is -0.111. The molecule has 0 spiro atoms. The Kier molecular flexibility index (Phi) is 3.92. The number of fused-ring (bicyclic) bond motifs is 1. The van der Waals surface area contributed by atoms with E-state index in [0.717, 1.165) is 22.1 Å². The maximum Gasteiger partial charge on any atom is 0.250 e. The lowest BCUT2D eigenvalue weighted by Crippen LogP contribution is -2.11. The van der Waals surface area contributed by atoms with Crippen molar-refractivity contribution in [1.82, 2.24) is 4.98 Å². The minimum absolute atomic E-state index is 0.262. The van der Waals surface area contributed by atoms with Crippen LogP contribution in [-0.2, 0) is 4.79 Å². The van der Waals surface area contributed by atoms with Crippen molar-refractivity contribution in [2.24, 2.45) is 5.73 Å². The molecule has 1 heterocycles. The predicted molar refractivity (Wildman–Crippen MR) is 95.8 cm³/mol. The zero-order valence-corrected chi connectivity index (χ0v) is 13.2. The van der Waals surface area contributed by atoms with Crippen molar-refractivity contribution in [3.05, 3.63) is 66.4 Å². The van der Waals surface area contributed by atoms with E-state index in [1.165, 1.54) is 6.08 Å². The molecule has 3 aromatic rings. The average molecular weight is 319 g/mol. The van der Waals surface area contributed by atoms with E-state index >= 15 is 0 Å². The van der Waals surface area contributed by atoms with Crippen LogP contribution in [0.2, 0.25) is 0 Å². The largest absolute Gasteiger partial charge is 0.366 e. The van der Waals surface area contributed by atoms with Crippen molar-refractivity contribution < 1.29 is 9.59 Å². The Hall–Kier alpha value is -3.34. The number of benzene rings is 2. The quantitative estimate of drug-likeness (QED) is 0.644. The summed E-state index contributed by atoms with van der Waals surface area (Å²) in [6, 6.07) is 11.3. The molecular weight excluding hydrogens is 302 g/mol.